The Morgan fingerprint density at radius 3 is 2.44 bits per heavy atom. The summed E-state index contributed by atoms with van der Waals surface area (Å²) in [5.41, 5.74) is 4.90. The summed E-state index contributed by atoms with van der Waals surface area (Å²) < 4.78 is 13.3. The predicted octanol–water partition coefficient (Wildman–Crippen LogP) is 4.18. The molecule has 0 aliphatic heterocycles. The standard InChI is InChI=1S/C23H29FN2O/c1-15-5-6-18(16(2)11-15)14-25-20-12-21(17-7-9-19(24)10-8-17)22(13-20)23(27)26(3)4/h5-11,20-22,25H,12-14H2,1-4H3/t20-,21+,22-/m0/s1. The number of halogens is 1. The van der Waals surface area contributed by atoms with Gasteiger partial charge in [0, 0.05) is 32.6 Å². The Morgan fingerprint density at radius 2 is 1.81 bits per heavy atom. The average molecular weight is 368 g/mol. The van der Waals surface area contributed by atoms with Crippen molar-refractivity contribution in [3.05, 3.63) is 70.5 Å². The van der Waals surface area contributed by atoms with E-state index in [-0.39, 0.29) is 29.6 Å². The molecule has 144 valence electrons. The summed E-state index contributed by atoms with van der Waals surface area (Å²) in [6.45, 7) is 5.04. The van der Waals surface area contributed by atoms with Crippen LogP contribution in [0.5, 0.6) is 0 Å². The molecule has 2 aromatic carbocycles. The molecule has 0 bridgehead atoms. The number of amides is 1. The van der Waals surface area contributed by atoms with E-state index >= 15 is 0 Å². The quantitative estimate of drug-likeness (QED) is 0.859. The number of aryl methyl sites for hydroxylation is 2. The van der Waals surface area contributed by atoms with Crippen molar-refractivity contribution in [2.75, 3.05) is 14.1 Å². The van der Waals surface area contributed by atoms with Gasteiger partial charge in [0.15, 0.2) is 0 Å². The highest BCUT2D eigenvalue weighted by molar-refractivity contribution is 5.80. The maximum Gasteiger partial charge on any atom is 0.225 e. The first-order valence-electron chi connectivity index (χ1n) is 9.61. The lowest BCUT2D eigenvalue weighted by Crippen LogP contribution is -2.32. The van der Waals surface area contributed by atoms with Gasteiger partial charge in [-0.05, 0) is 61.4 Å². The predicted molar refractivity (Wildman–Crippen MR) is 107 cm³/mol. The molecular formula is C23H29FN2O. The van der Waals surface area contributed by atoms with Crippen molar-refractivity contribution in [1.29, 1.82) is 0 Å². The molecule has 27 heavy (non-hydrogen) atoms. The molecule has 4 heteroatoms. The third-order valence-corrected chi connectivity index (χ3v) is 5.70. The normalized spacial score (nSPS) is 22.0. The van der Waals surface area contributed by atoms with Gasteiger partial charge in [0.1, 0.15) is 5.82 Å². The van der Waals surface area contributed by atoms with Gasteiger partial charge in [-0.25, -0.2) is 4.39 Å². The second-order valence-electron chi connectivity index (χ2n) is 7.98. The van der Waals surface area contributed by atoms with Crippen LogP contribution < -0.4 is 5.32 Å². The zero-order valence-electron chi connectivity index (χ0n) is 16.6. The molecule has 3 atom stereocenters. The highest BCUT2D eigenvalue weighted by Gasteiger charge is 2.40. The van der Waals surface area contributed by atoms with E-state index in [9.17, 15) is 9.18 Å². The lowest BCUT2D eigenvalue weighted by atomic mass is 9.88. The van der Waals surface area contributed by atoms with Crippen LogP contribution in [0, 0.1) is 25.6 Å². The van der Waals surface area contributed by atoms with E-state index in [0.29, 0.717) is 0 Å². The van der Waals surface area contributed by atoms with Crippen LogP contribution in [0.1, 0.15) is 41.0 Å². The molecule has 1 aliphatic rings. The minimum atomic E-state index is -0.239. The average Bonchev–Trinajstić information content (AvgIpc) is 3.05. The topological polar surface area (TPSA) is 32.3 Å². The Kier molecular flexibility index (Phi) is 5.95. The Hall–Kier alpha value is -2.20. The molecule has 1 fully saturated rings. The number of nitrogens with zero attached hydrogens (tertiary/aromatic N) is 1. The van der Waals surface area contributed by atoms with E-state index in [1.165, 1.54) is 28.8 Å². The van der Waals surface area contributed by atoms with Gasteiger partial charge in [0.2, 0.25) is 5.91 Å². The summed E-state index contributed by atoms with van der Waals surface area (Å²) in [7, 11) is 3.61. The van der Waals surface area contributed by atoms with Crippen molar-refractivity contribution in [2.24, 2.45) is 5.92 Å². The highest BCUT2D eigenvalue weighted by atomic mass is 19.1. The number of carbonyl (C=O) groups excluding carboxylic acids is 1. The van der Waals surface area contributed by atoms with Gasteiger partial charge >= 0.3 is 0 Å². The van der Waals surface area contributed by atoms with Gasteiger partial charge in [-0.2, -0.15) is 0 Å². The van der Waals surface area contributed by atoms with E-state index in [4.69, 9.17) is 0 Å². The Balaban J connectivity index is 1.74. The first-order valence-corrected chi connectivity index (χ1v) is 9.61. The zero-order valence-corrected chi connectivity index (χ0v) is 16.6. The van der Waals surface area contributed by atoms with Crippen LogP contribution in [-0.2, 0) is 11.3 Å². The fraction of sp³-hybridized carbons (Fsp3) is 0.435. The number of nitrogens with one attached hydrogen (secondary N) is 1. The smallest absolute Gasteiger partial charge is 0.225 e. The lowest BCUT2D eigenvalue weighted by molar-refractivity contribution is -0.133. The first-order chi connectivity index (χ1) is 12.8. The molecule has 1 N–H and O–H groups in total. The van der Waals surface area contributed by atoms with Crippen LogP contribution in [0.2, 0.25) is 0 Å². The van der Waals surface area contributed by atoms with Crippen LogP contribution >= 0.6 is 0 Å². The summed E-state index contributed by atoms with van der Waals surface area (Å²) in [4.78, 5) is 14.4. The second-order valence-corrected chi connectivity index (χ2v) is 7.98. The van der Waals surface area contributed by atoms with Crippen molar-refractivity contribution in [2.45, 2.75) is 45.2 Å². The number of rotatable bonds is 5. The maximum absolute atomic E-state index is 13.3. The third-order valence-electron chi connectivity index (χ3n) is 5.70. The largest absolute Gasteiger partial charge is 0.349 e. The molecule has 0 unspecified atom stereocenters. The van der Waals surface area contributed by atoms with Crippen LogP contribution in [0.4, 0.5) is 4.39 Å². The lowest BCUT2D eigenvalue weighted by Gasteiger charge is -2.22. The van der Waals surface area contributed by atoms with Gasteiger partial charge < -0.3 is 10.2 Å². The number of benzene rings is 2. The van der Waals surface area contributed by atoms with Crippen LogP contribution in [-0.4, -0.2) is 30.9 Å². The summed E-state index contributed by atoms with van der Waals surface area (Å²) in [5.74, 6) is -0.0314. The molecule has 0 saturated heterocycles. The third kappa shape index (κ3) is 4.56. The van der Waals surface area contributed by atoms with Crippen LogP contribution in [0.25, 0.3) is 0 Å². The molecule has 0 spiro atoms. The molecular weight excluding hydrogens is 339 g/mol. The number of hydrogen-bond donors (Lipinski definition) is 1. The molecule has 1 saturated carbocycles. The van der Waals surface area contributed by atoms with E-state index in [1.807, 2.05) is 12.1 Å². The van der Waals surface area contributed by atoms with Gasteiger partial charge in [0.25, 0.3) is 0 Å². The second kappa shape index (κ2) is 8.22. The fourth-order valence-corrected chi connectivity index (χ4v) is 4.19. The fourth-order valence-electron chi connectivity index (χ4n) is 4.19. The highest BCUT2D eigenvalue weighted by Crippen LogP contribution is 2.41. The Labute approximate surface area is 161 Å². The summed E-state index contributed by atoms with van der Waals surface area (Å²) >= 11 is 0. The van der Waals surface area contributed by atoms with Crippen molar-refractivity contribution < 1.29 is 9.18 Å². The number of hydrogen-bond acceptors (Lipinski definition) is 2. The van der Waals surface area contributed by atoms with Crippen molar-refractivity contribution in [3.8, 4) is 0 Å². The van der Waals surface area contributed by atoms with Gasteiger partial charge in [-0.1, -0.05) is 35.9 Å². The molecule has 0 radical (unpaired) electrons. The van der Waals surface area contributed by atoms with Gasteiger partial charge in [0.05, 0.1) is 0 Å². The van der Waals surface area contributed by atoms with E-state index in [0.717, 1.165) is 24.9 Å². The zero-order chi connectivity index (χ0) is 19.6. The van der Waals surface area contributed by atoms with Gasteiger partial charge in [-0.15, -0.1) is 0 Å². The minimum absolute atomic E-state index is 0.0675. The number of carbonyl (C=O) groups is 1. The Bertz CT molecular complexity index is 801. The van der Waals surface area contributed by atoms with E-state index in [1.54, 1.807) is 19.0 Å². The van der Waals surface area contributed by atoms with Crippen LogP contribution in [0.15, 0.2) is 42.5 Å². The molecule has 1 aliphatic carbocycles. The van der Waals surface area contributed by atoms with Gasteiger partial charge in [-0.3, -0.25) is 4.79 Å². The van der Waals surface area contributed by atoms with E-state index < -0.39 is 0 Å². The van der Waals surface area contributed by atoms with Crippen molar-refractivity contribution in [1.82, 2.24) is 10.2 Å². The molecule has 0 heterocycles. The maximum atomic E-state index is 13.3. The minimum Gasteiger partial charge on any atom is -0.349 e. The SMILES string of the molecule is Cc1ccc(CN[C@@H]2C[C@H](C(=O)N(C)C)[C@@H](c3ccc(F)cc3)C2)c(C)c1. The molecule has 3 nitrogen and oxygen atoms in total. The first kappa shape index (κ1) is 19.6. The Morgan fingerprint density at radius 1 is 1.11 bits per heavy atom. The summed E-state index contributed by atoms with van der Waals surface area (Å²) in [6, 6.07) is 13.4. The molecule has 0 aromatic heterocycles. The molecule has 3 rings (SSSR count). The van der Waals surface area contributed by atoms with Crippen molar-refractivity contribution in [3.63, 3.8) is 0 Å². The summed E-state index contributed by atoms with van der Waals surface area (Å²) in [5, 5.41) is 3.65. The van der Waals surface area contributed by atoms with Crippen molar-refractivity contribution >= 4 is 5.91 Å². The molecule has 2 aromatic rings. The van der Waals surface area contributed by atoms with Crippen LogP contribution in [0.3, 0.4) is 0 Å². The monoisotopic (exact) mass is 368 g/mol. The molecule has 1 amide bonds. The van der Waals surface area contributed by atoms with E-state index in [2.05, 4.69) is 37.4 Å². The summed E-state index contributed by atoms with van der Waals surface area (Å²) in [6.07, 6.45) is 1.70.